The van der Waals surface area contributed by atoms with E-state index in [9.17, 15) is 9.59 Å². The van der Waals surface area contributed by atoms with Gasteiger partial charge in [-0.25, -0.2) is 9.18 Å². The maximum absolute atomic E-state index is 16.1. The summed E-state index contributed by atoms with van der Waals surface area (Å²) in [7, 11) is 1.36. The number of hydrogen-bond acceptors (Lipinski definition) is 5. The van der Waals surface area contributed by atoms with Gasteiger partial charge in [0.2, 0.25) is 5.91 Å². The smallest absolute Gasteiger partial charge is 0.337 e. The van der Waals surface area contributed by atoms with Gasteiger partial charge in [0, 0.05) is 53.1 Å². The second kappa shape index (κ2) is 9.27. The number of nitrogens with one attached hydrogen (secondary N) is 1. The first-order valence-corrected chi connectivity index (χ1v) is 15.0. The molecule has 1 amide bonds. The number of halogens is 3. The number of carbonyl (C=O) groups is 2. The van der Waals surface area contributed by atoms with Gasteiger partial charge in [0.05, 0.1) is 29.3 Å². The minimum atomic E-state index is -1.07. The van der Waals surface area contributed by atoms with Crippen molar-refractivity contribution in [2.24, 2.45) is 5.92 Å². The number of nitrogens with zero attached hydrogens (tertiary/aromatic N) is 3. The van der Waals surface area contributed by atoms with Crippen molar-refractivity contribution in [3.05, 3.63) is 92.8 Å². The van der Waals surface area contributed by atoms with Gasteiger partial charge < -0.3 is 10.1 Å². The minimum absolute atomic E-state index is 0.0230. The fourth-order valence-corrected chi connectivity index (χ4v) is 8.08. The predicted octanol–water partition coefficient (Wildman–Crippen LogP) is 6.18. The maximum Gasteiger partial charge on any atom is 0.337 e. The zero-order valence-corrected chi connectivity index (χ0v) is 24.3. The third kappa shape index (κ3) is 3.64. The van der Waals surface area contributed by atoms with E-state index in [0.717, 1.165) is 41.5 Å². The van der Waals surface area contributed by atoms with Gasteiger partial charge in [0.25, 0.3) is 0 Å². The molecule has 1 spiro atoms. The Kier molecular flexibility index (Phi) is 5.78. The van der Waals surface area contributed by atoms with Crippen LogP contribution >= 0.6 is 23.2 Å². The molecule has 8 rings (SSSR count). The molecule has 7 nitrogen and oxygen atoms in total. The van der Waals surface area contributed by atoms with Crippen LogP contribution in [0.4, 0.5) is 10.1 Å². The van der Waals surface area contributed by atoms with Crippen molar-refractivity contribution in [1.82, 2.24) is 14.7 Å². The SMILES string of the molecule is COC(=O)c1ccc2nn3c(c2c1)C[C@H]1[C@@H]3[C@H](c2cccc(Cl)c2F)[C@@]2(Cc3ccc(Cl)cc3NC2=O)N1CC1CC1. The van der Waals surface area contributed by atoms with Gasteiger partial charge >= 0.3 is 5.97 Å². The molecule has 1 saturated heterocycles. The van der Waals surface area contributed by atoms with Gasteiger partial charge in [-0.15, -0.1) is 0 Å². The Labute approximate surface area is 251 Å². The number of hydrogen-bond donors (Lipinski definition) is 1. The van der Waals surface area contributed by atoms with Crippen LogP contribution in [0.5, 0.6) is 0 Å². The van der Waals surface area contributed by atoms with Crippen LogP contribution in [-0.4, -0.2) is 51.8 Å². The largest absolute Gasteiger partial charge is 0.465 e. The Bertz CT molecular complexity index is 1820. The van der Waals surface area contributed by atoms with Crippen LogP contribution < -0.4 is 5.32 Å². The monoisotopic (exact) mass is 604 g/mol. The van der Waals surface area contributed by atoms with E-state index >= 15 is 4.39 Å². The van der Waals surface area contributed by atoms with Crippen molar-refractivity contribution >= 4 is 51.7 Å². The summed E-state index contributed by atoms with van der Waals surface area (Å²) in [5.74, 6) is -1.20. The summed E-state index contributed by atoms with van der Waals surface area (Å²) in [5, 5.41) is 9.60. The van der Waals surface area contributed by atoms with Crippen LogP contribution in [0.1, 0.15) is 52.0 Å². The highest BCUT2D eigenvalue weighted by atomic mass is 35.5. The van der Waals surface area contributed by atoms with Gasteiger partial charge in [0.1, 0.15) is 11.4 Å². The highest BCUT2D eigenvalue weighted by Crippen LogP contribution is 2.60. The number of benzene rings is 3. The summed E-state index contributed by atoms with van der Waals surface area (Å²) in [6.45, 7) is 0.729. The first-order valence-electron chi connectivity index (χ1n) is 14.2. The molecule has 214 valence electrons. The average Bonchev–Trinajstić information content (AvgIpc) is 3.57. The Morgan fingerprint density at radius 2 is 2.00 bits per heavy atom. The summed E-state index contributed by atoms with van der Waals surface area (Å²) < 4.78 is 23.1. The van der Waals surface area contributed by atoms with Crippen molar-refractivity contribution in [3.8, 4) is 0 Å². The van der Waals surface area contributed by atoms with Crippen LogP contribution in [0.25, 0.3) is 10.9 Å². The molecule has 4 atom stereocenters. The normalized spacial score (nSPS) is 26.3. The molecule has 0 unspecified atom stereocenters. The van der Waals surface area contributed by atoms with E-state index in [1.807, 2.05) is 28.9 Å². The number of likely N-dealkylation sites (tertiary alicyclic amines) is 1. The molecule has 2 fully saturated rings. The molecule has 4 aromatic rings. The first-order chi connectivity index (χ1) is 20.3. The second-order valence-corrected chi connectivity index (χ2v) is 12.8. The van der Waals surface area contributed by atoms with Gasteiger partial charge in [0.15, 0.2) is 0 Å². The molecule has 4 aliphatic rings. The third-order valence-corrected chi connectivity index (χ3v) is 10.2. The fourth-order valence-electron chi connectivity index (χ4n) is 7.73. The van der Waals surface area contributed by atoms with E-state index in [0.29, 0.717) is 40.6 Å². The van der Waals surface area contributed by atoms with Crippen molar-refractivity contribution in [2.45, 2.75) is 49.2 Å². The lowest BCUT2D eigenvalue weighted by Crippen LogP contribution is -2.61. The molecule has 0 bridgehead atoms. The predicted molar refractivity (Wildman–Crippen MR) is 158 cm³/mol. The summed E-state index contributed by atoms with van der Waals surface area (Å²) in [6, 6.07) is 15.5. The second-order valence-electron chi connectivity index (χ2n) is 11.9. The highest BCUT2D eigenvalue weighted by Gasteiger charge is 2.67. The summed E-state index contributed by atoms with van der Waals surface area (Å²) in [6.07, 6.45) is 3.22. The molecule has 1 aliphatic carbocycles. The van der Waals surface area contributed by atoms with Crippen molar-refractivity contribution in [2.75, 3.05) is 19.0 Å². The zero-order valence-electron chi connectivity index (χ0n) is 22.7. The van der Waals surface area contributed by atoms with Crippen LogP contribution in [0.2, 0.25) is 10.0 Å². The molecule has 0 radical (unpaired) electrons. The fraction of sp³-hybridized carbons (Fsp3) is 0.344. The van der Waals surface area contributed by atoms with E-state index in [1.54, 1.807) is 24.3 Å². The molecule has 3 aromatic carbocycles. The van der Waals surface area contributed by atoms with Gasteiger partial charge in [-0.1, -0.05) is 41.4 Å². The number of rotatable bonds is 4. The van der Waals surface area contributed by atoms with E-state index in [-0.39, 0.29) is 23.0 Å². The zero-order chi connectivity index (χ0) is 28.9. The molecule has 1 saturated carbocycles. The van der Waals surface area contributed by atoms with E-state index in [2.05, 4.69) is 10.2 Å². The molecule has 4 heterocycles. The number of anilines is 1. The third-order valence-electron chi connectivity index (χ3n) is 9.71. The van der Waals surface area contributed by atoms with Crippen molar-refractivity contribution in [1.29, 1.82) is 0 Å². The number of amides is 1. The standard InChI is InChI=1S/C32H27Cl2FN4O3/c1-42-30(40)17-8-10-23-21(11-17)25-13-26-29(39(25)37-23)27(20-3-2-4-22(34)28(20)35)32(38(26)15-16-5-6-16)14-18-7-9-19(33)12-24(18)36-31(32)41/h2-4,7-12,16,26-27,29H,5-6,13-15H2,1H3,(H,36,41)/t26-,27-,29+,32+/m0/s1. The Morgan fingerprint density at radius 3 is 2.79 bits per heavy atom. The summed E-state index contributed by atoms with van der Waals surface area (Å²) in [5.41, 5.74) is 3.14. The van der Waals surface area contributed by atoms with Crippen LogP contribution in [-0.2, 0) is 22.4 Å². The topological polar surface area (TPSA) is 76.5 Å². The van der Waals surface area contributed by atoms with Gasteiger partial charge in [-0.05, 0) is 66.3 Å². The van der Waals surface area contributed by atoms with Crippen molar-refractivity contribution in [3.63, 3.8) is 0 Å². The summed E-state index contributed by atoms with van der Waals surface area (Å²) in [4.78, 5) is 29.2. The number of fused-ring (bicyclic) bond motifs is 6. The molecule has 42 heavy (non-hydrogen) atoms. The number of ether oxygens (including phenoxy) is 1. The lowest BCUT2D eigenvalue weighted by molar-refractivity contribution is -0.129. The number of esters is 1. The summed E-state index contributed by atoms with van der Waals surface area (Å²) >= 11 is 12.7. The van der Waals surface area contributed by atoms with Crippen LogP contribution in [0, 0.1) is 11.7 Å². The highest BCUT2D eigenvalue weighted by molar-refractivity contribution is 6.31. The lowest BCUT2D eigenvalue weighted by atomic mass is 9.71. The van der Waals surface area contributed by atoms with E-state index in [4.69, 9.17) is 33.0 Å². The molecular formula is C32H27Cl2FN4O3. The van der Waals surface area contributed by atoms with E-state index < -0.39 is 23.2 Å². The number of carbonyl (C=O) groups excluding carboxylic acids is 2. The quantitative estimate of drug-likeness (QED) is 0.282. The minimum Gasteiger partial charge on any atom is -0.465 e. The Balaban J connectivity index is 1.36. The van der Waals surface area contributed by atoms with E-state index in [1.165, 1.54) is 13.2 Å². The van der Waals surface area contributed by atoms with Crippen molar-refractivity contribution < 1.29 is 18.7 Å². The van der Waals surface area contributed by atoms with Gasteiger partial charge in [-0.3, -0.25) is 14.4 Å². The lowest BCUT2D eigenvalue weighted by Gasteiger charge is -2.46. The molecule has 1 aromatic heterocycles. The van der Waals surface area contributed by atoms with Crippen LogP contribution in [0.15, 0.2) is 54.6 Å². The Morgan fingerprint density at radius 1 is 1.17 bits per heavy atom. The maximum atomic E-state index is 16.1. The molecular weight excluding hydrogens is 578 g/mol. The molecule has 10 heteroatoms. The first kappa shape index (κ1) is 26.2. The average molecular weight is 605 g/mol. The molecule has 3 aliphatic heterocycles. The van der Waals surface area contributed by atoms with Gasteiger partial charge in [-0.2, -0.15) is 5.10 Å². The number of aromatic nitrogens is 2. The number of methoxy groups -OCH3 is 1. The van der Waals surface area contributed by atoms with Crippen LogP contribution in [0.3, 0.4) is 0 Å². The molecule has 1 N–H and O–H groups in total. The Hall–Kier alpha value is -3.46.